The van der Waals surface area contributed by atoms with Gasteiger partial charge in [-0.1, -0.05) is 6.07 Å². The van der Waals surface area contributed by atoms with Crippen LogP contribution in [0, 0.1) is 0 Å². The highest BCUT2D eigenvalue weighted by Crippen LogP contribution is 2.38. The predicted molar refractivity (Wildman–Crippen MR) is 94.4 cm³/mol. The molecular weight excluding hydrogens is 385 g/mol. The number of primary sulfonamides is 1. The van der Waals surface area contributed by atoms with E-state index in [-0.39, 0.29) is 5.69 Å². The minimum atomic E-state index is -4.76. The highest BCUT2D eigenvalue weighted by Gasteiger charge is 2.35. The molecule has 0 fully saturated rings. The van der Waals surface area contributed by atoms with Crippen LogP contribution in [0.3, 0.4) is 0 Å². The molecule has 2 rings (SSSR count). The fourth-order valence-corrected chi connectivity index (χ4v) is 3.04. The number of alkyl halides is 3. The summed E-state index contributed by atoms with van der Waals surface area (Å²) in [4.78, 5) is -0.612. The smallest absolute Gasteiger partial charge is 0.418 e. The molecule has 0 bridgehead atoms. The number of rotatable bonds is 6. The van der Waals surface area contributed by atoms with Crippen LogP contribution in [0.15, 0.2) is 41.3 Å². The summed E-state index contributed by atoms with van der Waals surface area (Å²) in [6.45, 7) is 1.66. The van der Waals surface area contributed by atoms with E-state index in [0.717, 1.165) is 12.1 Å². The zero-order valence-electron chi connectivity index (χ0n) is 14.8. The molecule has 2 aromatic carbocycles. The molecule has 10 heteroatoms. The lowest BCUT2D eigenvalue weighted by Gasteiger charge is -2.21. The van der Waals surface area contributed by atoms with Gasteiger partial charge in [0.25, 0.3) is 0 Å². The van der Waals surface area contributed by atoms with Crippen molar-refractivity contribution in [3.8, 4) is 11.5 Å². The number of hydrogen-bond donors (Lipinski definition) is 2. The van der Waals surface area contributed by atoms with Gasteiger partial charge in [0, 0.05) is 11.7 Å². The highest BCUT2D eigenvalue weighted by atomic mass is 32.2. The molecule has 0 aliphatic rings. The lowest BCUT2D eigenvalue weighted by atomic mass is 10.1. The number of methoxy groups -OCH3 is 2. The van der Waals surface area contributed by atoms with Gasteiger partial charge in [0.15, 0.2) is 11.5 Å². The maximum absolute atomic E-state index is 13.4. The predicted octanol–water partition coefficient (Wildman–Crippen LogP) is 3.54. The van der Waals surface area contributed by atoms with Gasteiger partial charge >= 0.3 is 6.18 Å². The first kappa shape index (κ1) is 20.8. The van der Waals surface area contributed by atoms with Crippen LogP contribution in [0.25, 0.3) is 0 Å². The standard InChI is InChI=1S/C17H19F3N2O4S/c1-10(11-4-7-15(25-2)16(8-11)26-3)22-14-6-5-12(27(21,23)24)9-13(14)17(18,19)20/h4-10,22H,1-3H3,(H2,21,23,24). The lowest BCUT2D eigenvalue weighted by molar-refractivity contribution is -0.137. The van der Waals surface area contributed by atoms with Gasteiger partial charge in [-0.2, -0.15) is 13.2 Å². The van der Waals surface area contributed by atoms with Gasteiger partial charge < -0.3 is 14.8 Å². The van der Waals surface area contributed by atoms with Crippen LogP contribution in [0.5, 0.6) is 11.5 Å². The number of sulfonamides is 1. The zero-order valence-corrected chi connectivity index (χ0v) is 15.6. The van der Waals surface area contributed by atoms with E-state index in [1.165, 1.54) is 14.2 Å². The number of ether oxygens (including phenoxy) is 2. The minimum Gasteiger partial charge on any atom is -0.493 e. The second-order valence-corrected chi connectivity index (χ2v) is 7.29. The van der Waals surface area contributed by atoms with Crippen molar-refractivity contribution in [1.82, 2.24) is 0 Å². The van der Waals surface area contributed by atoms with E-state index in [1.54, 1.807) is 25.1 Å². The van der Waals surface area contributed by atoms with Gasteiger partial charge in [-0.05, 0) is 42.8 Å². The van der Waals surface area contributed by atoms with Crippen molar-refractivity contribution in [3.05, 3.63) is 47.5 Å². The first-order chi connectivity index (χ1) is 12.5. The Bertz CT molecular complexity index is 930. The molecule has 0 aliphatic heterocycles. The van der Waals surface area contributed by atoms with E-state index in [9.17, 15) is 21.6 Å². The number of halogens is 3. The minimum absolute atomic E-state index is 0.266. The first-order valence-corrected chi connectivity index (χ1v) is 9.24. The van der Waals surface area contributed by atoms with Crippen LogP contribution < -0.4 is 19.9 Å². The summed E-state index contributed by atoms with van der Waals surface area (Å²) in [7, 11) is -1.33. The first-order valence-electron chi connectivity index (χ1n) is 7.70. The quantitative estimate of drug-likeness (QED) is 0.769. The Hall–Kier alpha value is -2.46. The van der Waals surface area contributed by atoms with Crippen molar-refractivity contribution in [2.45, 2.75) is 24.0 Å². The molecule has 3 N–H and O–H groups in total. The number of hydrogen-bond acceptors (Lipinski definition) is 5. The van der Waals surface area contributed by atoms with Crippen LogP contribution in [0.2, 0.25) is 0 Å². The van der Waals surface area contributed by atoms with Gasteiger partial charge in [0.1, 0.15) is 0 Å². The topological polar surface area (TPSA) is 90.6 Å². The van der Waals surface area contributed by atoms with E-state index in [2.05, 4.69) is 5.32 Å². The molecule has 6 nitrogen and oxygen atoms in total. The van der Waals surface area contributed by atoms with E-state index in [0.29, 0.717) is 23.1 Å². The number of nitrogens with one attached hydrogen (secondary N) is 1. The molecule has 148 valence electrons. The summed E-state index contributed by atoms with van der Waals surface area (Å²) in [6, 6.07) is 7.01. The third kappa shape index (κ3) is 4.83. The van der Waals surface area contributed by atoms with Gasteiger partial charge in [-0.15, -0.1) is 0 Å². The van der Waals surface area contributed by atoms with Crippen LogP contribution in [-0.2, 0) is 16.2 Å². The van der Waals surface area contributed by atoms with Crippen molar-refractivity contribution < 1.29 is 31.1 Å². The summed E-state index contributed by atoms with van der Waals surface area (Å²) >= 11 is 0. The fraction of sp³-hybridized carbons (Fsp3) is 0.294. The van der Waals surface area contributed by atoms with Gasteiger partial charge in [-0.25, -0.2) is 13.6 Å². The number of anilines is 1. The molecule has 0 radical (unpaired) electrons. The maximum Gasteiger partial charge on any atom is 0.418 e. The van der Waals surface area contributed by atoms with Crippen LogP contribution >= 0.6 is 0 Å². The van der Waals surface area contributed by atoms with Crippen LogP contribution in [0.1, 0.15) is 24.1 Å². The Labute approximate surface area is 155 Å². The summed E-state index contributed by atoms with van der Waals surface area (Å²) in [6.07, 6.45) is -4.76. The van der Waals surface area contributed by atoms with Crippen molar-refractivity contribution in [1.29, 1.82) is 0 Å². The van der Waals surface area contributed by atoms with E-state index < -0.39 is 32.7 Å². The van der Waals surface area contributed by atoms with Crippen LogP contribution in [0.4, 0.5) is 18.9 Å². The Kier molecular flexibility index (Phi) is 5.91. The van der Waals surface area contributed by atoms with Crippen molar-refractivity contribution in [2.24, 2.45) is 5.14 Å². The Morgan fingerprint density at radius 3 is 2.19 bits per heavy atom. The van der Waals surface area contributed by atoms with E-state index in [1.807, 2.05) is 0 Å². The van der Waals surface area contributed by atoms with Gasteiger partial charge in [-0.3, -0.25) is 0 Å². The molecule has 1 unspecified atom stereocenters. The molecule has 0 saturated heterocycles. The lowest BCUT2D eigenvalue weighted by Crippen LogP contribution is -2.17. The largest absolute Gasteiger partial charge is 0.493 e. The highest BCUT2D eigenvalue weighted by molar-refractivity contribution is 7.89. The molecule has 0 heterocycles. The van der Waals surface area contributed by atoms with Crippen molar-refractivity contribution >= 4 is 15.7 Å². The summed E-state index contributed by atoms with van der Waals surface area (Å²) < 4.78 is 73.2. The van der Waals surface area contributed by atoms with E-state index in [4.69, 9.17) is 14.6 Å². The summed E-state index contributed by atoms with van der Waals surface area (Å²) in [5.74, 6) is 0.922. The molecule has 0 amide bonds. The molecular formula is C17H19F3N2O4S. The molecule has 2 aromatic rings. The van der Waals surface area contributed by atoms with E-state index >= 15 is 0 Å². The second-order valence-electron chi connectivity index (χ2n) is 5.73. The van der Waals surface area contributed by atoms with Crippen LogP contribution in [-0.4, -0.2) is 22.6 Å². The molecule has 1 atom stereocenters. The molecule has 0 aromatic heterocycles. The molecule has 0 spiro atoms. The Morgan fingerprint density at radius 1 is 1.04 bits per heavy atom. The van der Waals surface area contributed by atoms with Crippen molar-refractivity contribution in [2.75, 3.05) is 19.5 Å². The zero-order chi connectivity index (χ0) is 20.4. The monoisotopic (exact) mass is 404 g/mol. The number of benzene rings is 2. The Morgan fingerprint density at radius 2 is 1.67 bits per heavy atom. The third-order valence-corrected chi connectivity index (χ3v) is 4.82. The summed E-state index contributed by atoms with van der Waals surface area (Å²) in [5, 5.41) is 7.68. The molecule has 0 aliphatic carbocycles. The average molecular weight is 404 g/mol. The maximum atomic E-state index is 13.4. The third-order valence-electron chi connectivity index (χ3n) is 3.90. The molecule has 0 saturated carbocycles. The second kappa shape index (κ2) is 7.65. The number of nitrogens with two attached hydrogens (primary N) is 1. The average Bonchev–Trinajstić information content (AvgIpc) is 2.59. The normalized spacial score (nSPS) is 13.1. The summed E-state index contributed by atoms with van der Waals surface area (Å²) in [5.41, 5.74) is -0.741. The molecule has 27 heavy (non-hydrogen) atoms. The Balaban J connectivity index is 2.41. The van der Waals surface area contributed by atoms with Gasteiger partial charge in [0.05, 0.1) is 24.7 Å². The SMILES string of the molecule is COc1ccc(C(C)Nc2ccc(S(N)(=O)=O)cc2C(F)(F)F)cc1OC. The van der Waals surface area contributed by atoms with Crippen molar-refractivity contribution in [3.63, 3.8) is 0 Å². The fourth-order valence-electron chi connectivity index (χ4n) is 2.50. The van der Waals surface area contributed by atoms with Gasteiger partial charge in [0.2, 0.25) is 10.0 Å².